The molecular weight excluding hydrogens is 489 g/mol. The molecule has 0 bridgehead atoms. The summed E-state index contributed by atoms with van der Waals surface area (Å²) >= 11 is 6.27. The number of rotatable bonds is 5. The second-order valence-corrected chi connectivity index (χ2v) is 8.67. The molecule has 0 radical (unpaired) electrons. The van der Waals surface area contributed by atoms with E-state index >= 15 is 0 Å². The average molecular weight is 509 g/mol. The molecule has 0 spiro atoms. The Balaban J connectivity index is 1.53. The van der Waals surface area contributed by atoms with E-state index in [2.05, 4.69) is 30.6 Å². The molecule has 0 saturated heterocycles. The first-order chi connectivity index (χ1) is 16.5. The van der Waals surface area contributed by atoms with E-state index in [0.29, 0.717) is 12.1 Å². The summed E-state index contributed by atoms with van der Waals surface area (Å²) in [6, 6.07) is 1.46. The third kappa shape index (κ3) is 3.51. The van der Waals surface area contributed by atoms with Crippen LogP contribution in [-0.4, -0.2) is 58.8 Å². The molecule has 1 unspecified atom stereocenters. The fourth-order valence-electron chi connectivity index (χ4n) is 4.18. The number of halogens is 4. The molecule has 15 heteroatoms. The second kappa shape index (κ2) is 7.95. The van der Waals surface area contributed by atoms with Gasteiger partial charge in [-0.1, -0.05) is 18.5 Å². The number of hydrogen-bond acceptors (Lipinski definition) is 9. The minimum Gasteiger partial charge on any atom is -0.394 e. The highest BCUT2D eigenvalue weighted by Crippen LogP contribution is 2.50. The molecule has 5 rings (SSSR count). The largest absolute Gasteiger partial charge is 0.401 e. The van der Waals surface area contributed by atoms with Crippen molar-refractivity contribution in [3.8, 4) is 5.82 Å². The number of nitrogens with two attached hydrogens (primary N) is 1. The number of fused-ring (bicyclic) bond motifs is 3. The normalized spacial score (nSPS) is 18.8. The number of aryl methyl sites for hydroxylation is 1. The van der Waals surface area contributed by atoms with Gasteiger partial charge in [-0.3, -0.25) is 0 Å². The number of alkyl halides is 3. The van der Waals surface area contributed by atoms with Gasteiger partial charge in [-0.15, -0.1) is 4.80 Å². The molecule has 0 fully saturated rings. The fourth-order valence-corrected chi connectivity index (χ4v) is 4.42. The lowest BCUT2D eigenvalue weighted by Gasteiger charge is -2.31. The lowest BCUT2D eigenvalue weighted by Crippen LogP contribution is -2.48. The zero-order valence-corrected chi connectivity index (χ0v) is 19.2. The van der Waals surface area contributed by atoms with Crippen molar-refractivity contribution in [2.75, 3.05) is 22.5 Å². The maximum Gasteiger partial charge on any atom is 0.401 e. The van der Waals surface area contributed by atoms with Crippen LogP contribution in [0.1, 0.15) is 25.2 Å². The summed E-state index contributed by atoms with van der Waals surface area (Å²) in [6.45, 7) is 2.28. The summed E-state index contributed by atoms with van der Waals surface area (Å²) in [5.74, 6) is 0.252. The number of hydrogen-bond donors (Lipinski definition) is 3. The van der Waals surface area contributed by atoms with Gasteiger partial charge in [0.05, 0.1) is 52.6 Å². The molecule has 0 aliphatic carbocycles. The third-order valence-electron chi connectivity index (χ3n) is 6.04. The van der Waals surface area contributed by atoms with Crippen LogP contribution in [0.2, 0.25) is 5.02 Å². The van der Waals surface area contributed by atoms with E-state index in [9.17, 15) is 18.3 Å². The Morgan fingerprint density at radius 2 is 1.97 bits per heavy atom. The standard InChI is InChI=1S/C20H20ClF3N10O/c1-3-12-14(25)17-27-8-13-15(33(17)31-12)19(2,20(22,23)24)9-32(13)18(35)30-10-6-11(21)16(26-7-10)34-28-4-5-29-34/h4-8,18,30,35H,3,9,25H2,1-2H3/t18?,19-/m0/s1. The van der Waals surface area contributed by atoms with Gasteiger partial charge in [-0.2, -0.15) is 28.5 Å². The minimum atomic E-state index is -4.65. The van der Waals surface area contributed by atoms with Crippen molar-refractivity contribution in [2.45, 2.75) is 38.2 Å². The number of nitrogens with one attached hydrogen (secondary N) is 1. The molecule has 35 heavy (non-hydrogen) atoms. The van der Waals surface area contributed by atoms with E-state index in [4.69, 9.17) is 17.3 Å². The Morgan fingerprint density at radius 3 is 2.60 bits per heavy atom. The summed E-state index contributed by atoms with van der Waals surface area (Å²) in [4.78, 5) is 10.8. The summed E-state index contributed by atoms with van der Waals surface area (Å²) < 4.78 is 44.3. The number of nitrogen functional groups attached to an aromatic ring is 1. The van der Waals surface area contributed by atoms with Crippen LogP contribution in [0.25, 0.3) is 11.5 Å². The first kappa shape index (κ1) is 23.1. The van der Waals surface area contributed by atoms with Gasteiger partial charge in [0.15, 0.2) is 11.5 Å². The van der Waals surface area contributed by atoms with Gasteiger partial charge in [-0.25, -0.2) is 14.5 Å². The van der Waals surface area contributed by atoms with Crippen molar-refractivity contribution in [3.05, 3.63) is 47.3 Å². The molecule has 1 aliphatic rings. The van der Waals surface area contributed by atoms with Crippen molar-refractivity contribution in [1.29, 1.82) is 0 Å². The lowest BCUT2D eigenvalue weighted by molar-refractivity contribution is -0.182. The van der Waals surface area contributed by atoms with Gasteiger partial charge in [0.1, 0.15) is 11.1 Å². The van der Waals surface area contributed by atoms with Gasteiger partial charge in [0, 0.05) is 6.54 Å². The van der Waals surface area contributed by atoms with Crippen molar-refractivity contribution < 1.29 is 18.3 Å². The van der Waals surface area contributed by atoms with Crippen LogP contribution in [0.4, 0.5) is 30.2 Å². The summed E-state index contributed by atoms with van der Waals surface area (Å²) in [6.07, 6.45) is -0.254. The Labute approximate surface area is 201 Å². The van der Waals surface area contributed by atoms with Crippen molar-refractivity contribution in [3.63, 3.8) is 0 Å². The maximum atomic E-state index is 14.4. The Morgan fingerprint density at radius 1 is 1.26 bits per heavy atom. The SMILES string of the molecule is CCc1nn2c3c(cnc2c1N)N(C(O)Nc1cnc(-n2nccn2)c(Cl)c1)C[C@]3(C)C(F)(F)F. The van der Waals surface area contributed by atoms with E-state index in [1.54, 1.807) is 6.92 Å². The van der Waals surface area contributed by atoms with Gasteiger partial charge in [0.25, 0.3) is 0 Å². The topological polar surface area (TPSA) is 135 Å². The van der Waals surface area contributed by atoms with E-state index < -0.39 is 24.5 Å². The number of anilines is 3. The maximum absolute atomic E-state index is 14.4. The van der Waals surface area contributed by atoms with Crippen molar-refractivity contribution in [1.82, 2.24) is 34.6 Å². The van der Waals surface area contributed by atoms with Crippen LogP contribution in [0.15, 0.2) is 30.9 Å². The molecule has 11 nitrogen and oxygen atoms in total. The molecule has 184 valence electrons. The van der Waals surface area contributed by atoms with Crippen molar-refractivity contribution >= 4 is 34.3 Å². The van der Waals surface area contributed by atoms with E-state index in [-0.39, 0.29) is 39.2 Å². The minimum absolute atomic E-state index is 0.0684. The highest BCUT2D eigenvalue weighted by atomic mass is 35.5. The number of aromatic nitrogens is 7. The molecule has 4 N–H and O–H groups in total. The van der Waals surface area contributed by atoms with Crippen LogP contribution in [0.5, 0.6) is 0 Å². The first-order valence-electron chi connectivity index (χ1n) is 10.5. The number of aliphatic hydroxyl groups excluding tert-OH is 1. The van der Waals surface area contributed by atoms with Crippen LogP contribution in [0, 0.1) is 0 Å². The van der Waals surface area contributed by atoms with Gasteiger partial charge >= 0.3 is 6.18 Å². The molecule has 4 aromatic rings. The lowest BCUT2D eigenvalue weighted by atomic mass is 9.87. The Hall–Kier alpha value is -3.65. The molecule has 5 heterocycles. The molecular formula is C20H20ClF3N10O. The highest BCUT2D eigenvalue weighted by molar-refractivity contribution is 6.32. The smallest absolute Gasteiger partial charge is 0.394 e. The van der Waals surface area contributed by atoms with E-state index in [1.165, 1.54) is 35.7 Å². The van der Waals surface area contributed by atoms with Crippen LogP contribution >= 0.6 is 11.6 Å². The molecule has 0 saturated carbocycles. The fraction of sp³-hybridized carbons (Fsp3) is 0.350. The molecule has 0 aromatic carbocycles. The second-order valence-electron chi connectivity index (χ2n) is 8.27. The van der Waals surface area contributed by atoms with Crippen LogP contribution in [0.3, 0.4) is 0 Å². The van der Waals surface area contributed by atoms with Crippen LogP contribution in [-0.2, 0) is 11.8 Å². The average Bonchev–Trinajstić information content (AvgIpc) is 3.51. The molecule has 4 aromatic heterocycles. The summed E-state index contributed by atoms with van der Waals surface area (Å²) in [7, 11) is 0. The van der Waals surface area contributed by atoms with E-state index in [0.717, 1.165) is 16.3 Å². The van der Waals surface area contributed by atoms with Crippen molar-refractivity contribution in [2.24, 2.45) is 0 Å². The van der Waals surface area contributed by atoms with Crippen LogP contribution < -0.4 is 16.0 Å². The molecule has 2 atom stereocenters. The monoisotopic (exact) mass is 508 g/mol. The summed E-state index contributed by atoms with van der Waals surface area (Å²) in [5, 5.41) is 26.0. The predicted octanol–water partition coefficient (Wildman–Crippen LogP) is 2.53. The quantitative estimate of drug-likeness (QED) is 0.347. The number of nitrogens with zero attached hydrogens (tertiary/aromatic N) is 8. The van der Waals surface area contributed by atoms with E-state index in [1.807, 2.05) is 0 Å². The Bertz CT molecular complexity index is 1410. The first-order valence-corrected chi connectivity index (χ1v) is 10.9. The van der Waals surface area contributed by atoms with Gasteiger partial charge in [-0.05, 0) is 19.4 Å². The molecule has 1 aliphatic heterocycles. The third-order valence-corrected chi connectivity index (χ3v) is 6.31. The number of pyridine rings is 1. The molecule has 0 amide bonds. The summed E-state index contributed by atoms with van der Waals surface area (Å²) in [5.41, 5.74) is 4.70. The zero-order chi connectivity index (χ0) is 25.1. The van der Waals surface area contributed by atoms with Gasteiger partial charge in [0.2, 0.25) is 6.35 Å². The highest BCUT2D eigenvalue weighted by Gasteiger charge is 2.60. The van der Waals surface area contributed by atoms with Gasteiger partial charge < -0.3 is 21.1 Å². The number of aliphatic hydroxyl groups is 1. The zero-order valence-electron chi connectivity index (χ0n) is 18.5. The Kier molecular flexibility index (Phi) is 5.25. The predicted molar refractivity (Wildman–Crippen MR) is 121 cm³/mol.